The Bertz CT molecular complexity index is 649. The van der Waals surface area contributed by atoms with Gasteiger partial charge in [0.05, 0.1) is 38.8 Å². The second kappa shape index (κ2) is 6.36. The molecule has 0 radical (unpaired) electrons. The lowest BCUT2D eigenvalue weighted by atomic mass is 9.88. The molecule has 0 saturated carbocycles. The zero-order valence-corrected chi connectivity index (χ0v) is 15.0. The van der Waals surface area contributed by atoms with E-state index in [1.54, 1.807) is 4.90 Å². The monoisotopic (exact) mass is 346 g/mol. The number of nitrogens with zero attached hydrogens (tertiary/aromatic N) is 2. The van der Waals surface area contributed by atoms with Crippen molar-refractivity contribution in [3.8, 4) is 0 Å². The molecule has 25 heavy (non-hydrogen) atoms. The summed E-state index contributed by atoms with van der Waals surface area (Å²) in [6.07, 6.45) is 0.955. The molecule has 0 N–H and O–H groups in total. The Hall–Kier alpha value is -1.47. The van der Waals surface area contributed by atoms with E-state index in [0.717, 1.165) is 30.8 Å². The second-order valence-electron chi connectivity index (χ2n) is 7.48. The Kier molecular flexibility index (Phi) is 4.32. The minimum atomic E-state index is -1.28. The Morgan fingerprint density at radius 1 is 1.12 bits per heavy atom. The van der Waals surface area contributed by atoms with Gasteiger partial charge >= 0.3 is 0 Å². The Morgan fingerprint density at radius 3 is 2.48 bits per heavy atom. The van der Waals surface area contributed by atoms with Crippen LogP contribution in [0.4, 0.5) is 5.69 Å². The quantitative estimate of drug-likeness (QED) is 0.837. The molecular formula is C19H26N2O4. The number of benzene rings is 1. The fourth-order valence-corrected chi connectivity index (χ4v) is 3.59. The van der Waals surface area contributed by atoms with Crippen molar-refractivity contribution in [3.63, 3.8) is 0 Å². The molecule has 1 amide bonds. The van der Waals surface area contributed by atoms with Crippen LogP contribution in [-0.4, -0.2) is 57.0 Å². The molecule has 3 heterocycles. The first-order valence-electron chi connectivity index (χ1n) is 9.07. The van der Waals surface area contributed by atoms with Gasteiger partial charge in [-0.2, -0.15) is 0 Å². The number of carbonyl (C=O) groups excluding carboxylic acids is 1. The molecule has 0 aromatic heterocycles. The average Bonchev–Trinajstić information content (AvgIpc) is 2.88. The Morgan fingerprint density at radius 2 is 1.80 bits per heavy atom. The van der Waals surface area contributed by atoms with Gasteiger partial charge in [-0.05, 0) is 12.5 Å². The van der Waals surface area contributed by atoms with Crippen LogP contribution >= 0.6 is 0 Å². The van der Waals surface area contributed by atoms with E-state index >= 15 is 0 Å². The summed E-state index contributed by atoms with van der Waals surface area (Å²) in [5.41, 5.74) is 1.67. The molecule has 2 fully saturated rings. The number of anilines is 1. The van der Waals surface area contributed by atoms with Gasteiger partial charge < -0.3 is 14.2 Å². The maximum atomic E-state index is 13.3. The van der Waals surface area contributed by atoms with Crippen LogP contribution in [0.2, 0.25) is 0 Å². The fraction of sp³-hybridized carbons (Fsp3) is 0.632. The summed E-state index contributed by atoms with van der Waals surface area (Å²) in [5.74, 6) is -1.39. The van der Waals surface area contributed by atoms with Crippen molar-refractivity contribution in [1.82, 2.24) is 4.90 Å². The molecule has 2 saturated heterocycles. The minimum absolute atomic E-state index is 0.0435. The lowest BCUT2D eigenvalue weighted by Gasteiger charge is -2.42. The number of para-hydroxylation sites is 1. The lowest BCUT2D eigenvalue weighted by molar-refractivity contribution is -0.289. The van der Waals surface area contributed by atoms with Gasteiger partial charge in [-0.25, -0.2) is 0 Å². The average molecular weight is 346 g/mol. The number of amides is 1. The van der Waals surface area contributed by atoms with Crippen molar-refractivity contribution in [1.29, 1.82) is 0 Å². The molecule has 0 unspecified atom stereocenters. The van der Waals surface area contributed by atoms with Crippen LogP contribution in [0.25, 0.3) is 0 Å². The number of carbonyl (C=O) groups is 1. The molecule has 0 bridgehead atoms. The number of fused-ring (bicyclic) bond motifs is 2. The van der Waals surface area contributed by atoms with Crippen LogP contribution in [0.15, 0.2) is 24.3 Å². The first-order chi connectivity index (χ1) is 12.1. The third kappa shape index (κ3) is 2.77. The standard InChI is InChI=1S/C19H26N2O4/c1-3-18(2)12-24-19(25-13-18)15-6-4-5-7-16(15)21(17(19)22)14-20-8-10-23-11-9-20/h4-7H,3,8-14H2,1-2H3. The van der Waals surface area contributed by atoms with Crippen molar-refractivity contribution in [2.45, 2.75) is 26.1 Å². The highest BCUT2D eigenvalue weighted by Crippen LogP contribution is 2.47. The highest BCUT2D eigenvalue weighted by Gasteiger charge is 2.57. The van der Waals surface area contributed by atoms with E-state index in [9.17, 15) is 4.79 Å². The summed E-state index contributed by atoms with van der Waals surface area (Å²) in [7, 11) is 0. The second-order valence-corrected chi connectivity index (χ2v) is 7.48. The van der Waals surface area contributed by atoms with E-state index in [4.69, 9.17) is 14.2 Å². The highest BCUT2D eigenvalue weighted by atomic mass is 16.7. The molecule has 6 heteroatoms. The summed E-state index contributed by atoms with van der Waals surface area (Å²) in [6.45, 7) is 8.91. The molecule has 0 atom stereocenters. The van der Waals surface area contributed by atoms with Crippen LogP contribution in [0.5, 0.6) is 0 Å². The van der Waals surface area contributed by atoms with Gasteiger partial charge in [0.2, 0.25) is 0 Å². The van der Waals surface area contributed by atoms with Crippen molar-refractivity contribution < 1.29 is 19.0 Å². The third-order valence-electron chi connectivity index (χ3n) is 5.62. The summed E-state index contributed by atoms with van der Waals surface area (Å²) >= 11 is 0. The van der Waals surface area contributed by atoms with E-state index in [1.807, 2.05) is 24.3 Å². The molecule has 6 nitrogen and oxygen atoms in total. The predicted molar refractivity (Wildman–Crippen MR) is 93.2 cm³/mol. The normalized spacial score (nSPS) is 33.0. The van der Waals surface area contributed by atoms with Gasteiger partial charge in [0.15, 0.2) is 0 Å². The first kappa shape index (κ1) is 17.0. The zero-order chi connectivity index (χ0) is 17.5. The van der Waals surface area contributed by atoms with E-state index in [2.05, 4.69) is 18.7 Å². The summed E-state index contributed by atoms with van der Waals surface area (Å²) in [6, 6.07) is 7.81. The maximum Gasteiger partial charge on any atom is 0.293 e. The van der Waals surface area contributed by atoms with Gasteiger partial charge in [-0.1, -0.05) is 32.0 Å². The van der Waals surface area contributed by atoms with E-state index in [0.29, 0.717) is 33.1 Å². The molecule has 3 aliphatic rings. The van der Waals surface area contributed by atoms with Gasteiger partial charge in [-0.3, -0.25) is 14.6 Å². The molecule has 136 valence electrons. The Balaban J connectivity index is 1.62. The first-order valence-corrected chi connectivity index (χ1v) is 9.07. The van der Waals surface area contributed by atoms with Crippen LogP contribution < -0.4 is 4.90 Å². The number of hydrogen-bond donors (Lipinski definition) is 0. The highest BCUT2D eigenvalue weighted by molar-refractivity contribution is 6.06. The summed E-state index contributed by atoms with van der Waals surface area (Å²) < 4.78 is 17.7. The third-order valence-corrected chi connectivity index (χ3v) is 5.62. The predicted octanol–water partition coefficient (Wildman–Crippen LogP) is 1.94. The van der Waals surface area contributed by atoms with Crippen molar-refractivity contribution in [3.05, 3.63) is 29.8 Å². The molecule has 1 aromatic carbocycles. The maximum absolute atomic E-state index is 13.3. The van der Waals surface area contributed by atoms with Gasteiger partial charge in [0.25, 0.3) is 11.7 Å². The molecule has 1 aromatic rings. The zero-order valence-electron chi connectivity index (χ0n) is 15.0. The lowest BCUT2D eigenvalue weighted by Crippen LogP contribution is -2.54. The van der Waals surface area contributed by atoms with E-state index < -0.39 is 5.79 Å². The molecule has 0 aliphatic carbocycles. The van der Waals surface area contributed by atoms with Gasteiger partial charge in [-0.15, -0.1) is 0 Å². The fourth-order valence-electron chi connectivity index (χ4n) is 3.59. The molecule has 4 rings (SSSR count). The summed E-state index contributed by atoms with van der Waals surface area (Å²) in [5, 5.41) is 0. The summed E-state index contributed by atoms with van der Waals surface area (Å²) in [4.78, 5) is 17.4. The van der Waals surface area contributed by atoms with Gasteiger partial charge in [0, 0.05) is 24.1 Å². The van der Waals surface area contributed by atoms with Gasteiger partial charge in [0.1, 0.15) is 0 Å². The number of rotatable bonds is 3. The number of hydrogen-bond acceptors (Lipinski definition) is 5. The van der Waals surface area contributed by atoms with Crippen LogP contribution in [0.1, 0.15) is 25.8 Å². The molecule has 3 aliphatic heterocycles. The SMILES string of the molecule is CCC1(C)COC2(OC1)C(=O)N(CN1CCOCC1)c1ccccc12. The molecular weight excluding hydrogens is 320 g/mol. The van der Waals surface area contributed by atoms with Crippen LogP contribution in [0, 0.1) is 5.41 Å². The minimum Gasteiger partial charge on any atom is -0.379 e. The van der Waals surface area contributed by atoms with E-state index in [-0.39, 0.29) is 11.3 Å². The van der Waals surface area contributed by atoms with Crippen molar-refractivity contribution in [2.24, 2.45) is 5.41 Å². The van der Waals surface area contributed by atoms with Crippen LogP contribution in [0.3, 0.4) is 0 Å². The number of morpholine rings is 1. The Labute approximate surface area is 148 Å². The van der Waals surface area contributed by atoms with Crippen molar-refractivity contribution >= 4 is 11.6 Å². The molecule has 1 spiro atoms. The van der Waals surface area contributed by atoms with Crippen LogP contribution in [-0.2, 0) is 24.8 Å². The number of ether oxygens (including phenoxy) is 3. The largest absolute Gasteiger partial charge is 0.379 e. The smallest absolute Gasteiger partial charge is 0.293 e. The topological polar surface area (TPSA) is 51.2 Å². The van der Waals surface area contributed by atoms with E-state index in [1.165, 1.54) is 0 Å². The van der Waals surface area contributed by atoms with Crippen molar-refractivity contribution in [2.75, 3.05) is 51.1 Å².